The van der Waals surface area contributed by atoms with Crippen LogP contribution in [-0.2, 0) is 9.53 Å². The summed E-state index contributed by atoms with van der Waals surface area (Å²) in [5, 5.41) is 2.93. The van der Waals surface area contributed by atoms with Gasteiger partial charge >= 0.3 is 12.0 Å². The maximum Gasteiger partial charge on any atom is 0.338 e. The molecule has 2 aromatic carbocycles. The van der Waals surface area contributed by atoms with Crippen molar-refractivity contribution in [1.82, 2.24) is 20.0 Å². The quantitative estimate of drug-likeness (QED) is 0.532. The fourth-order valence-corrected chi connectivity index (χ4v) is 4.68. The molecule has 1 fully saturated rings. The molecule has 1 saturated heterocycles. The number of esters is 1. The Morgan fingerprint density at radius 1 is 0.921 bits per heavy atom. The third-order valence-electron chi connectivity index (χ3n) is 6.89. The van der Waals surface area contributed by atoms with Crippen LogP contribution in [0.5, 0.6) is 11.5 Å². The SMILES string of the molecule is CCOC(=O)C1=C(CN2CCN(C(=O)c3ccc(OC)cc3)CC2)N(C)C(=O)NC1c1ccc(OC)cc1. The standard InChI is InChI=1S/C28H34N4O6/c1-5-38-27(34)24-23(30(2)28(35)29-25(24)19-6-10-21(36-3)11-7-19)18-31-14-16-32(17-15-31)26(33)20-8-12-22(37-4)13-9-20/h6-13,25H,5,14-18H2,1-4H3,(H,29,35). The molecule has 0 aromatic heterocycles. The summed E-state index contributed by atoms with van der Waals surface area (Å²) in [5.41, 5.74) is 2.35. The molecule has 2 heterocycles. The zero-order chi connectivity index (χ0) is 27.2. The molecule has 2 aliphatic rings. The topological polar surface area (TPSA) is 101 Å². The van der Waals surface area contributed by atoms with E-state index < -0.39 is 12.0 Å². The first-order valence-corrected chi connectivity index (χ1v) is 12.6. The Morgan fingerprint density at radius 2 is 1.50 bits per heavy atom. The molecule has 10 heteroatoms. The van der Waals surface area contributed by atoms with Gasteiger partial charge in [-0.05, 0) is 48.9 Å². The van der Waals surface area contributed by atoms with Crippen LogP contribution in [0, 0.1) is 0 Å². The van der Waals surface area contributed by atoms with E-state index in [0.717, 1.165) is 5.56 Å². The number of benzene rings is 2. The van der Waals surface area contributed by atoms with Gasteiger partial charge in [-0.15, -0.1) is 0 Å². The monoisotopic (exact) mass is 522 g/mol. The van der Waals surface area contributed by atoms with Gasteiger partial charge in [-0.1, -0.05) is 12.1 Å². The third kappa shape index (κ3) is 5.75. The second-order valence-corrected chi connectivity index (χ2v) is 9.09. The average Bonchev–Trinajstić information content (AvgIpc) is 2.95. The van der Waals surface area contributed by atoms with E-state index in [2.05, 4.69) is 10.2 Å². The second kappa shape index (κ2) is 12.0. The van der Waals surface area contributed by atoms with Crippen molar-refractivity contribution in [1.29, 1.82) is 0 Å². The largest absolute Gasteiger partial charge is 0.497 e. The van der Waals surface area contributed by atoms with Crippen molar-refractivity contribution in [3.8, 4) is 11.5 Å². The summed E-state index contributed by atoms with van der Waals surface area (Å²) in [5.74, 6) is 0.874. The van der Waals surface area contributed by atoms with E-state index >= 15 is 0 Å². The molecular formula is C28H34N4O6. The lowest BCUT2D eigenvalue weighted by atomic mass is 9.94. The highest BCUT2D eigenvalue weighted by Crippen LogP contribution is 2.32. The summed E-state index contributed by atoms with van der Waals surface area (Å²) in [4.78, 5) is 44.5. The summed E-state index contributed by atoms with van der Waals surface area (Å²) in [6, 6.07) is 13.4. The summed E-state index contributed by atoms with van der Waals surface area (Å²) in [6.45, 7) is 4.61. The van der Waals surface area contributed by atoms with Gasteiger partial charge in [0.15, 0.2) is 0 Å². The van der Waals surface area contributed by atoms with Gasteiger partial charge < -0.3 is 24.4 Å². The van der Waals surface area contributed by atoms with Gasteiger partial charge in [0.2, 0.25) is 0 Å². The van der Waals surface area contributed by atoms with Gasteiger partial charge in [-0.3, -0.25) is 14.6 Å². The lowest BCUT2D eigenvalue weighted by molar-refractivity contribution is -0.139. The Kier molecular flexibility index (Phi) is 8.52. The Balaban J connectivity index is 1.54. The number of ether oxygens (including phenoxy) is 3. The van der Waals surface area contributed by atoms with Crippen LogP contribution >= 0.6 is 0 Å². The smallest absolute Gasteiger partial charge is 0.338 e. The molecule has 0 aliphatic carbocycles. The van der Waals surface area contributed by atoms with Gasteiger partial charge in [-0.2, -0.15) is 0 Å². The van der Waals surface area contributed by atoms with Crippen molar-refractivity contribution in [2.45, 2.75) is 13.0 Å². The number of hydrogen-bond acceptors (Lipinski definition) is 7. The van der Waals surface area contributed by atoms with Gasteiger partial charge in [0, 0.05) is 51.0 Å². The predicted molar refractivity (Wildman–Crippen MR) is 141 cm³/mol. The van der Waals surface area contributed by atoms with Crippen molar-refractivity contribution in [2.75, 3.05) is 60.6 Å². The number of urea groups is 1. The number of piperazine rings is 1. The first-order valence-electron chi connectivity index (χ1n) is 12.6. The lowest BCUT2D eigenvalue weighted by Gasteiger charge is -2.39. The summed E-state index contributed by atoms with van der Waals surface area (Å²) in [7, 11) is 4.82. The molecular weight excluding hydrogens is 488 g/mol. The van der Waals surface area contributed by atoms with Crippen molar-refractivity contribution >= 4 is 17.9 Å². The van der Waals surface area contributed by atoms with E-state index in [1.807, 2.05) is 17.0 Å². The Morgan fingerprint density at radius 3 is 2.05 bits per heavy atom. The third-order valence-corrected chi connectivity index (χ3v) is 6.89. The van der Waals surface area contributed by atoms with Crippen LogP contribution < -0.4 is 14.8 Å². The van der Waals surface area contributed by atoms with E-state index in [4.69, 9.17) is 14.2 Å². The number of nitrogens with zero attached hydrogens (tertiary/aromatic N) is 3. The van der Waals surface area contributed by atoms with E-state index in [1.54, 1.807) is 64.6 Å². The van der Waals surface area contributed by atoms with E-state index in [9.17, 15) is 14.4 Å². The highest BCUT2D eigenvalue weighted by Gasteiger charge is 2.37. The van der Waals surface area contributed by atoms with Gasteiger partial charge in [0.25, 0.3) is 5.91 Å². The molecule has 0 spiro atoms. The van der Waals surface area contributed by atoms with Crippen molar-refractivity contribution < 1.29 is 28.6 Å². The van der Waals surface area contributed by atoms with Crippen molar-refractivity contribution in [2.24, 2.45) is 0 Å². The number of rotatable bonds is 8. The minimum atomic E-state index is -0.656. The van der Waals surface area contributed by atoms with E-state index in [0.29, 0.717) is 61.1 Å². The number of carbonyl (C=O) groups is 3. The molecule has 0 radical (unpaired) electrons. The number of amides is 3. The number of nitrogens with one attached hydrogen (secondary N) is 1. The molecule has 38 heavy (non-hydrogen) atoms. The van der Waals surface area contributed by atoms with Crippen LogP contribution in [0.1, 0.15) is 28.9 Å². The summed E-state index contributed by atoms with van der Waals surface area (Å²) >= 11 is 0. The zero-order valence-corrected chi connectivity index (χ0v) is 22.2. The van der Waals surface area contributed by atoms with Crippen LogP contribution in [0.2, 0.25) is 0 Å². The highest BCUT2D eigenvalue weighted by molar-refractivity contribution is 5.95. The number of hydrogen-bond donors (Lipinski definition) is 1. The first kappa shape index (κ1) is 27.0. The van der Waals surface area contributed by atoms with E-state index in [-0.39, 0.29) is 18.5 Å². The van der Waals surface area contributed by atoms with Crippen LogP contribution in [0.4, 0.5) is 4.79 Å². The molecule has 1 unspecified atom stereocenters. The molecule has 0 bridgehead atoms. The molecule has 1 atom stereocenters. The Hall–Kier alpha value is -4.05. The first-order chi connectivity index (χ1) is 18.4. The van der Waals surface area contributed by atoms with Crippen molar-refractivity contribution in [3.05, 3.63) is 70.9 Å². The molecule has 4 rings (SSSR count). The van der Waals surface area contributed by atoms with Crippen LogP contribution in [0.3, 0.4) is 0 Å². The lowest BCUT2D eigenvalue weighted by Crippen LogP contribution is -2.53. The van der Waals surface area contributed by atoms with Gasteiger partial charge in [0.1, 0.15) is 11.5 Å². The second-order valence-electron chi connectivity index (χ2n) is 9.09. The fourth-order valence-electron chi connectivity index (χ4n) is 4.68. The molecule has 1 N–H and O–H groups in total. The number of likely N-dealkylation sites (N-methyl/N-ethyl adjacent to an activating group) is 1. The number of methoxy groups -OCH3 is 2. The maximum absolute atomic E-state index is 13.2. The van der Waals surface area contributed by atoms with Gasteiger partial charge in [0.05, 0.1) is 32.4 Å². The average molecular weight is 523 g/mol. The Bertz CT molecular complexity index is 1190. The molecule has 3 amide bonds. The summed E-state index contributed by atoms with van der Waals surface area (Å²) in [6.07, 6.45) is 0. The minimum absolute atomic E-state index is 0.0348. The maximum atomic E-state index is 13.2. The van der Waals surface area contributed by atoms with Crippen LogP contribution in [0.15, 0.2) is 59.8 Å². The number of carbonyl (C=O) groups excluding carboxylic acids is 3. The summed E-state index contributed by atoms with van der Waals surface area (Å²) < 4.78 is 15.8. The molecule has 0 saturated carbocycles. The fraction of sp³-hybridized carbons (Fsp3) is 0.393. The molecule has 2 aromatic rings. The van der Waals surface area contributed by atoms with Gasteiger partial charge in [-0.25, -0.2) is 9.59 Å². The van der Waals surface area contributed by atoms with Crippen LogP contribution in [0.25, 0.3) is 0 Å². The molecule has 2 aliphatic heterocycles. The normalized spacial score (nSPS) is 18.2. The molecule has 202 valence electrons. The van der Waals surface area contributed by atoms with Crippen LogP contribution in [-0.4, -0.2) is 93.2 Å². The molecule has 10 nitrogen and oxygen atoms in total. The highest BCUT2D eigenvalue weighted by atomic mass is 16.5. The predicted octanol–water partition coefficient (Wildman–Crippen LogP) is 2.68. The Labute approximate surface area is 222 Å². The van der Waals surface area contributed by atoms with Crippen molar-refractivity contribution in [3.63, 3.8) is 0 Å². The van der Waals surface area contributed by atoms with E-state index in [1.165, 1.54) is 4.90 Å². The minimum Gasteiger partial charge on any atom is -0.497 e. The zero-order valence-electron chi connectivity index (χ0n) is 22.2.